The molecule has 0 radical (unpaired) electrons. The lowest BCUT2D eigenvalue weighted by Crippen LogP contribution is -2.41. The Balaban J connectivity index is 1.83. The molecule has 1 atom stereocenters. The van der Waals surface area contributed by atoms with Gasteiger partial charge in [0.2, 0.25) is 5.91 Å². The molecular weight excluding hydrogens is 248 g/mol. The number of hydrogen-bond acceptors (Lipinski definition) is 5. The van der Waals surface area contributed by atoms with Gasteiger partial charge in [-0.25, -0.2) is 4.98 Å². The number of nitrogens with one attached hydrogen (secondary N) is 2. The van der Waals surface area contributed by atoms with Gasteiger partial charge in [0.05, 0.1) is 12.2 Å². The summed E-state index contributed by atoms with van der Waals surface area (Å²) in [4.78, 5) is 18.4. The topological polar surface area (TPSA) is 57.3 Å². The molecule has 0 saturated carbocycles. The molecule has 6 heteroatoms. The van der Waals surface area contributed by atoms with Crippen LogP contribution >= 0.6 is 11.3 Å². The minimum absolute atomic E-state index is 0.0346. The SMILES string of the molecule is CNCC1CCCN1CC(=O)Nc1nc(C)cs1. The maximum absolute atomic E-state index is 11.9. The van der Waals surface area contributed by atoms with Gasteiger partial charge < -0.3 is 10.6 Å². The van der Waals surface area contributed by atoms with Gasteiger partial charge in [0.15, 0.2) is 5.13 Å². The molecule has 2 rings (SSSR count). The van der Waals surface area contributed by atoms with Gasteiger partial charge >= 0.3 is 0 Å². The highest BCUT2D eigenvalue weighted by atomic mass is 32.1. The number of aromatic nitrogens is 1. The number of rotatable bonds is 5. The molecule has 1 aliphatic rings. The molecule has 1 unspecified atom stereocenters. The number of thiazole rings is 1. The summed E-state index contributed by atoms with van der Waals surface area (Å²) in [7, 11) is 1.95. The molecule has 0 aromatic carbocycles. The van der Waals surface area contributed by atoms with Gasteiger partial charge in [-0.1, -0.05) is 0 Å². The number of nitrogens with zero attached hydrogens (tertiary/aromatic N) is 2. The van der Waals surface area contributed by atoms with Crippen molar-refractivity contribution in [2.45, 2.75) is 25.8 Å². The predicted octanol–water partition coefficient (Wildman–Crippen LogP) is 1.07. The van der Waals surface area contributed by atoms with Crippen LogP contribution in [0.2, 0.25) is 0 Å². The molecule has 0 spiro atoms. The van der Waals surface area contributed by atoms with Crippen molar-refractivity contribution < 1.29 is 4.79 Å². The van der Waals surface area contributed by atoms with Crippen molar-refractivity contribution >= 4 is 22.4 Å². The molecule has 1 fully saturated rings. The van der Waals surface area contributed by atoms with Crippen molar-refractivity contribution in [3.63, 3.8) is 0 Å². The van der Waals surface area contributed by atoms with Gasteiger partial charge in [-0.05, 0) is 33.4 Å². The molecule has 1 amide bonds. The van der Waals surface area contributed by atoms with Crippen molar-refractivity contribution in [2.24, 2.45) is 0 Å². The Hall–Kier alpha value is -0.980. The zero-order valence-electron chi connectivity index (χ0n) is 10.9. The molecule has 2 N–H and O–H groups in total. The summed E-state index contributed by atoms with van der Waals surface area (Å²) in [5.74, 6) is 0.0346. The Morgan fingerprint density at radius 1 is 1.67 bits per heavy atom. The first-order chi connectivity index (χ1) is 8.69. The van der Waals surface area contributed by atoms with Crippen LogP contribution < -0.4 is 10.6 Å². The number of likely N-dealkylation sites (N-methyl/N-ethyl adjacent to an activating group) is 1. The molecule has 100 valence electrons. The lowest BCUT2D eigenvalue weighted by atomic mass is 10.2. The summed E-state index contributed by atoms with van der Waals surface area (Å²) >= 11 is 1.47. The second kappa shape index (κ2) is 6.26. The average molecular weight is 268 g/mol. The van der Waals surface area contributed by atoms with E-state index in [1.54, 1.807) is 0 Å². The van der Waals surface area contributed by atoms with Crippen LogP contribution in [0.15, 0.2) is 5.38 Å². The van der Waals surface area contributed by atoms with Crippen LogP contribution in [0, 0.1) is 6.92 Å². The minimum Gasteiger partial charge on any atom is -0.318 e. The number of likely N-dealkylation sites (tertiary alicyclic amines) is 1. The van der Waals surface area contributed by atoms with Gasteiger partial charge in [-0.3, -0.25) is 9.69 Å². The number of hydrogen-bond donors (Lipinski definition) is 2. The van der Waals surface area contributed by atoms with Crippen LogP contribution in [0.1, 0.15) is 18.5 Å². The van der Waals surface area contributed by atoms with E-state index in [0.717, 1.165) is 18.8 Å². The molecule has 5 nitrogen and oxygen atoms in total. The van der Waals surface area contributed by atoms with Crippen LogP contribution in [0.25, 0.3) is 0 Å². The van der Waals surface area contributed by atoms with E-state index < -0.39 is 0 Å². The maximum Gasteiger partial charge on any atom is 0.240 e. The van der Waals surface area contributed by atoms with E-state index in [0.29, 0.717) is 17.7 Å². The normalized spacial score (nSPS) is 20.2. The molecule has 1 aliphatic heterocycles. The van der Waals surface area contributed by atoms with Crippen molar-refractivity contribution in [1.29, 1.82) is 0 Å². The first kappa shape index (κ1) is 13.5. The summed E-state index contributed by atoms with van der Waals surface area (Å²) in [6.07, 6.45) is 2.35. The number of amides is 1. The van der Waals surface area contributed by atoms with E-state index in [1.165, 1.54) is 24.2 Å². The highest BCUT2D eigenvalue weighted by molar-refractivity contribution is 7.13. The molecule has 2 heterocycles. The summed E-state index contributed by atoms with van der Waals surface area (Å²) in [5.41, 5.74) is 0.949. The van der Waals surface area contributed by atoms with Crippen LogP contribution in [0.4, 0.5) is 5.13 Å². The summed E-state index contributed by atoms with van der Waals surface area (Å²) in [5, 5.41) is 8.68. The van der Waals surface area contributed by atoms with Gasteiger partial charge in [0.25, 0.3) is 0 Å². The highest BCUT2D eigenvalue weighted by Gasteiger charge is 2.25. The second-order valence-corrected chi connectivity index (χ2v) is 5.52. The fourth-order valence-electron chi connectivity index (χ4n) is 2.32. The standard InChI is InChI=1S/C12H20N4OS/c1-9-8-18-12(14-9)15-11(17)7-16-5-3-4-10(16)6-13-2/h8,10,13H,3-7H2,1-2H3,(H,14,15,17). The monoisotopic (exact) mass is 268 g/mol. The third-order valence-corrected chi connectivity index (χ3v) is 4.03. The van der Waals surface area contributed by atoms with Crippen molar-refractivity contribution in [3.05, 3.63) is 11.1 Å². The Kier molecular flexibility index (Phi) is 4.68. The smallest absolute Gasteiger partial charge is 0.240 e. The number of aryl methyl sites for hydroxylation is 1. The average Bonchev–Trinajstić information content (AvgIpc) is 2.90. The molecule has 1 saturated heterocycles. The van der Waals surface area contributed by atoms with Gasteiger partial charge in [0.1, 0.15) is 0 Å². The molecule has 1 aromatic heterocycles. The van der Waals surface area contributed by atoms with E-state index in [9.17, 15) is 4.79 Å². The van der Waals surface area contributed by atoms with E-state index >= 15 is 0 Å². The summed E-state index contributed by atoms with van der Waals surface area (Å²) in [6.45, 7) is 4.35. The molecule has 1 aromatic rings. The van der Waals surface area contributed by atoms with Crippen molar-refractivity contribution in [2.75, 3.05) is 32.0 Å². The fraction of sp³-hybridized carbons (Fsp3) is 0.667. The largest absolute Gasteiger partial charge is 0.318 e. The molecule has 0 bridgehead atoms. The Morgan fingerprint density at radius 3 is 3.17 bits per heavy atom. The maximum atomic E-state index is 11.9. The Bertz CT molecular complexity index is 407. The van der Waals surface area contributed by atoms with Gasteiger partial charge in [-0.15, -0.1) is 11.3 Å². The Morgan fingerprint density at radius 2 is 2.50 bits per heavy atom. The summed E-state index contributed by atoms with van der Waals surface area (Å²) in [6, 6.07) is 0.485. The van der Waals surface area contributed by atoms with Crippen molar-refractivity contribution in [3.8, 4) is 0 Å². The molecule has 18 heavy (non-hydrogen) atoms. The second-order valence-electron chi connectivity index (χ2n) is 4.67. The zero-order valence-corrected chi connectivity index (χ0v) is 11.7. The van der Waals surface area contributed by atoms with Crippen LogP contribution in [-0.2, 0) is 4.79 Å². The van der Waals surface area contributed by atoms with Crippen molar-refractivity contribution in [1.82, 2.24) is 15.2 Å². The summed E-state index contributed by atoms with van der Waals surface area (Å²) < 4.78 is 0. The first-order valence-electron chi connectivity index (χ1n) is 6.29. The van der Waals surface area contributed by atoms with E-state index in [2.05, 4.69) is 20.5 Å². The number of anilines is 1. The fourth-order valence-corrected chi connectivity index (χ4v) is 3.03. The predicted molar refractivity (Wildman–Crippen MR) is 74.0 cm³/mol. The number of carbonyl (C=O) groups is 1. The van der Waals surface area contributed by atoms with E-state index in [1.807, 2.05) is 19.4 Å². The lowest BCUT2D eigenvalue weighted by molar-refractivity contribution is -0.117. The van der Waals surface area contributed by atoms with Crippen LogP contribution in [-0.4, -0.2) is 48.5 Å². The lowest BCUT2D eigenvalue weighted by Gasteiger charge is -2.23. The Labute approximate surface area is 112 Å². The van der Waals surface area contributed by atoms with Gasteiger partial charge in [-0.2, -0.15) is 0 Å². The van der Waals surface area contributed by atoms with Gasteiger partial charge in [0, 0.05) is 18.0 Å². The molecule has 0 aliphatic carbocycles. The first-order valence-corrected chi connectivity index (χ1v) is 7.17. The van der Waals surface area contributed by atoms with Crippen LogP contribution in [0.3, 0.4) is 0 Å². The minimum atomic E-state index is 0.0346. The highest BCUT2D eigenvalue weighted by Crippen LogP contribution is 2.17. The quantitative estimate of drug-likeness (QED) is 0.839. The van der Waals surface area contributed by atoms with E-state index in [-0.39, 0.29) is 5.91 Å². The van der Waals surface area contributed by atoms with E-state index in [4.69, 9.17) is 0 Å². The zero-order chi connectivity index (χ0) is 13.0. The third kappa shape index (κ3) is 3.51. The van der Waals surface area contributed by atoms with Crippen LogP contribution in [0.5, 0.6) is 0 Å². The third-order valence-electron chi connectivity index (χ3n) is 3.15. The molecular formula is C12H20N4OS. The number of carbonyl (C=O) groups excluding carboxylic acids is 1.